The van der Waals surface area contributed by atoms with E-state index in [1.54, 1.807) is 17.0 Å². The van der Waals surface area contributed by atoms with Gasteiger partial charge in [0.15, 0.2) is 0 Å². The van der Waals surface area contributed by atoms with Crippen molar-refractivity contribution in [2.75, 3.05) is 18.8 Å². The van der Waals surface area contributed by atoms with Crippen LogP contribution in [0.2, 0.25) is 0 Å². The molecule has 8 nitrogen and oxygen atoms in total. The van der Waals surface area contributed by atoms with Crippen LogP contribution >= 0.6 is 7.82 Å². The molecule has 21 heavy (non-hydrogen) atoms. The molecule has 1 aromatic carbocycles. The number of benzene rings is 1. The molecule has 0 aliphatic heterocycles. The van der Waals surface area contributed by atoms with Crippen molar-refractivity contribution in [3.8, 4) is 5.75 Å². The number of rotatable bonds is 4. The van der Waals surface area contributed by atoms with Crippen molar-refractivity contribution in [1.82, 2.24) is 4.90 Å². The summed E-state index contributed by atoms with van der Waals surface area (Å²) in [4.78, 5) is 35.1. The Morgan fingerprint density at radius 3 is 2.10 bits per heavy atom. The maximum atomic E-state index is 11.8. The van der Waals surface area contributed by atoms with Crippen molar-refractivity contribution in [2.45, 2.75) is 20.3 Å². The van der Waals surface area contributed by atoms with Crippen LogP contribution in [0.25, 0.3) is 0 Å². The van der Waals surface area contributed by atoms with Gasteiger partial charge in [-0.3, -0.25) is 4.79 Å². The number of nitrogens with two attached hydrogens (primary N) is 1. The highest BCUT2D eigenvalue weighted by atomic mass is 31.2. The van der Waals surface area contributed by atoms with Crippen molar-refractivity contribution in [2.24, 2.45) is 0 Å². The maximum absolute atomic E-state index is 11.8. The quantitative estimate of drug-likeness (QED) is 0.308. The molecule has 0 fully saturated rings. The van der Waals surface area contributed by atoms with Gasteiger partial charge in [-0.2, -0.15) is 0 Å². The highest BCUT2D eigenvalue weighted by Gasteiger charge is 2.10. The molecule has 0 bridgehead atoms. The Morgan fingerprint density at radius 2 is 1.71 bits per heavy atom. The highest BCUT2D eigenvalue weighted by molar-refractivity contribution is 7.45. The predicted octanol–water partition coefficient (Wildman–Crippen LogP) is 0.457. The normalized spacial score (nSPS) is 10.5. The van der Waals surface area contributed by atoms with Crippen LogP contribution < -0.4 is 5.73 Å². The van der Waals surface area contributed by atoms with Gasteiger partial charge < -0.3 is 30.4 Å². The van der Waals surface area contributed by atoms with E-state index < -0.39 is 7.82 Å². The largest absolute Gasteiger partial charge is 0.506 e. The third-order valence-electron chi connectivity index (χ3n) is 2.57. The number of likely N-dealkylation sites (N-methyl/N-ethyl adjacent to an activating group) is 1. The molecule has 1 rings (SSSR count). The van der Waals surface area contributed by atoms with Crippen LogP contribution in [0.1, 0.15) is 19.4 Å². The first kappa shape index (κ1) is 19.4. The van der Waals surface area contributed by atoms with Gasteiger partial charge in [0.25, 0.3) is 0 Å². The Bertz CT molecular complexity index is 504. The number of phenolic OH excluding ortho intramolecular Hbond substituents is 1. The molecule has 0 saturated heterocycles. The number of phenols is 1. The van der Waals surface area contributed by atoms with Gasteiger partial charge in [-0.1, -0.05) is 6.07 Å². The molecule has 1 aromatic rings. The first-order valence-corrected chi connectivity index (χ1v) is 7.78. The molecular formula is C12H21N2O6P. The zero-order chi connectivity index (χ0) is 16.6. The minimum Gasteiger partial charge on any atom is -0.506 e. The second-order valence-corrected chi connectivity index (χ2v) is 5.18. The van der Waals surface area contributed by atoms with Gasteiger partial charge in [0.05, 0.1) is 12.1 Å². The third kappa shape index (κ3) is 9.04. The van der Waals surface area contributed by atoms with Crippen LogP contribution in [0.5, 0.6) is 5.75 Å². The first-order valence-electron chi connectivity index (χ1n) is 6.21. The minimum atomic E-state index is -4.64. The number of carbonyl (C=O) groups is 1. The van der Waals surface area contributed by atoms with Gasteiger partial charge in [0.1, 0.15) is 5.75 Å². The fraction of sp³-hybridized carbons (Fsp3) is 0.417. The number of aromatic hydroxyl groups is 1. The summed E-state index contributed by atoms with van der Waals surface area (Å²) in [6.45, 7) is 5.30. The average Bonchev–Trinajstić information content (AvgIpc) is 2.33. The number of phosphoric acid groups is 1. The van der Waals surface area contributed by atoms with E-state index in [1.165, 1.54) is 6.07 Å². The van der Waals surface area contributed by atoms with E-state index in [0.717, 1.165) is 5.56 Å². The molecule has 6 N–H and O–H groups in total. The van der Waals surface area contributed by atoms with Crippen molar-refractivity contribution in [1.29, 1.82) is 0 Å². The van der Waals surface area contributed by atoms with Gasteiger partial charge in [-0.15, -0.1) is 0 Å². The Morgan fingerprint density at radius 1 is 1.24 bits per heavy atom. The smallest absolute Gasteiger partial charge is 0.466 e. The van der Waals surface area contributed by atoms with Crippen LogP contribution in [-0.2, 0) is 15.8 Å². The van der Waals surface area contributed by atoms with E-state index >= 15 is 0 Å². The molecule has 0 aromatic heterocycles. The second kappa shape index (κ2) is 8.63. The predicted molar refractivity (Wildman–Crippen MR) is 78.4 cm³/mol. The Balaban J connectivity index is 0.000000690. The summed E-state index contributed by atoms with van der Waals surface area (Å²) in [6, 6.07) is 4.91. The molecule has 0 unspecified atom stereocenters. The lowest BCUT2D eigenvalue weighted by molar-refractivity contribution is -0.130. The topological polar surface area (TPSA) is 144 Å². The molecule has 0 atom stereocenters. The first-order chi connectivity index (χ1) is 9.58. The Labute approximate surface area is 123 Å². The van der Waals surface area contributed by atoms with Crippen LogP contribution in [0.4, 0.5) is 5.69 Å². The minimum absolute atomic E-state index is 0.0323. The summed E-state index contributed by atoms with van der Waals surface area (Å²) < 4.78 is 8.88. The molecule has 0 radical (unpaired) electrons. The van der Waals surface area contributed by atoms with Gasteiger partial charge in [-0.25, -0.2) is 4.57 Å². The summed E-state index contributed by atoms with van der Waals surface area (Å²) >= 11 is 0. The van der Waals surface area contributed by atoms with Gasteiger partial charge >= 0.3 is 7.82 Å². The fourth-order valence-corrected chi connectivity index (χ4v) is 1.56. The molecule has 0 heterocycles. The SMILES string of the molecule is CCN(CC)C(=O)Cc1ccc(N)c(O)c1.O=P(O)(O)O. The molecule has 0 aliphatic rings. The molecular weight excluding hydrogens is 299 g/mol. The fourth-order valence-electron chi connectivity index (χ4n) is 1.56. The zero-order valence-corrected chi connectivity index (χ0v) is 12.8. The number of amides is 1. The molecule has 0 spiro atoms. The van der Waals surface area contributed by atoms with Crippen molar-refractivity contribution in [3.05, 3.63) is 23.8 Å². The lowest BCUT2D eigenvalue weighted by Crippen LogP contribution is -2.31. The number of nitrogens with zero attached hydrogens (tertiary/aromatic N) is 1. The van der Waals surface area contributed by atoms with E-state index in [9.17, 15) is 9.90 Å². The van der Waals surface area contributed by atoms with E-state index in [-0.39, 0.29) is 11.7 Å². The van der Waals surface area contributed by atoms with Crippen molar-refractivity contribution in [3.63, 3.8) is 0 Å². The van der Waals surface area contributed by atoms with Crippen LogP contribution in [0.3, 0.4) is 0 Å². The van der Waals surface area contributed by atoms with E-state index in [1.807, 2.05) is 13.8 Å². The summed E-state index contributed by atoms with van der Waals surface area (Å²) in [5, 5.41) is 9.42. The molecule has 0 saturated carbocycles. The van der Waals surface area contributed by atoms with Crippen LogP contribution in [-0.4, -0.2) is 43.7 Å². The molecule has 1 amide bonds. The highest BCUT2D eigenvalue weighted by Crippen LogP contribution is 2.25. The summed E-state index contributed by atoms with van der Waals surface area (Å²) in [7, 11) is -4.64. The zero-order valence-electron chi connectivity index (χ0n) is 11.9. The van der Waals surface area contributed by atoms with E-state index in [2.05, 4.69) is 0 Å². The van der Waals surface area contributed by atoms with E-state index in [0.29, 0.717) is 25.2 Å². The number of anilines is 1. The van der Waals surface area contributed by atoms with Gasteiger partial charge in [0.2, 0.25) is 5.91 Å². The second-order valence-electron chi connectivity index (χ2n) is 4.15. The third-order valence-corrected chi connectivity index (χ3v) is 2.57. The molecule has 0 aliphatic carbocycles. The number of carbonyl (C=O) groups excluding carboxylic acids is 1. The van der Waals surface area contributed by atoms with E-state index in [4.69, 9.17) is 25.0 Å². The number of nitrogen functional groups attached to an aromatic ring is 1. The lowest BCUT2D eigenvalue weighted by Gasteiger charge is -2.18. The van der Waals surface area contributed by atoms with Crippen molar-refractivity contribution < 1.29 is 29.1 Å². The standard InChI is InChI=1S/C12H18N2O2.H3O4P/c1-3-14(4-2)12(16)8-9-5-6-10(13)11(15)7-9;1-5(2,3)4/h5-7,15H,3-4,8,13H2,1-2H3;(H3,1,2,3,4). The van der Waals surface area contributed by atoms with Crippen molar-refractivity contribution >= 4 is 19.4 Å². The van der Waals surface area contributed by atoms with Crippen LogP contribution in [0, 0.1) is 0 Å². The van der Waals surface area contributed by atoms with Gasteiger partial charge in [-0.05, 0) is 31.5 Å². The maximum Gasteiger partial charge on any atom is 0.466 e. The monoisotopic (exact) mass is 320 g/mol. The summed E-state index contributed by atoms with van der Waals surface area (Å²) in [5.74, 6) is 0.0963. The lowest BCUT2D eigenvalue weighted by atomic mass is 10.1. The Kier molecular flexibility index (Phi) is 7.98. The molecule has 120 valence electrons. The summed E-state index contributed by atoms with van der Waals surface area (Å²) in [6.07, 6.45) is 0.301. The summed E-state index contributed by atoms with van der Waals surface area (Å²) in [5.41, 5.74) is 6.60. The number of hydrogen-bond donors (Lipinski definition) is 5. The average molecular weight is 320 g/mol. The van der Waals surface area contributed by atoms with Gasteiger partial charge in [0, 0.05) is 13.1 Å². The Hall–Kier alpha value is -1.60. The van der Waals surface area contributed by atoms with Crippen LogP contribution in [0.15, 0.2) is 18.2 Å². The molecule has 9 heteroatoms. The number of hydrogen-bond acceptors (Lipinski definition) is 4.